The maximum absolute atomic E-state index is 12.7. The fraction of sp³-hybridized carbons (Fsp3) is 0.300. The summed E-state index contributed by atoms with van der Waals surface area (Å²) >= 11 is 6.36. The molecule has 0 spiro atoms. The van der Waals surface area contributed by atoms with Gasteiger partial charge in [0.1, 0.15) is 5.75 Å². The third-order valence-corrected chi connectivity index (χ3v) is 4.57. The number of amides is 2. The molecule has 2 aromatic carbocycles. The molecule has 0 aromatic heterocycles. The molecular weight excluding hydrogens is 368 g/mol. The Kier molecular flexibility index (Phi) is 7.07. The number of benzene rings is 2. The van der Waals surface area contributed by atoms with Gasteiger partial charge in [-0.1, -0.05) is 48.9 Å². The quantitative estimate of drug-likeness (QED) is 0.753. The van der Waals surface area contributed by atoms with E-state index in [4.69, 9.17) is 21.4 Å². The SMILES string of the molecule is COc1cccc(C(NC(=O)N(C)CC(C)C(=O)O)c2ccccc2Cl)c1. The minimum atomic E-state index is -0.954. The number of rotatable bonds is 7. The molecule has 2 aromatic rings. The summed E-state index contributed by atoms with van der Waals surface area (Å²) in [4.78, 5) is 25.1. The van der Waals surface area contributed by atoms with Crippen molar-refractivity contribution in [2.45, 2.75) is 13.0 Å². The minimum absolute atomic E-state index is 0.0918. The van der Waals surface area contributed by atoms with E-state index in [-0.39, 0.29) is 6.54 Å². The van der Waals surface area contributed by atoms with Crippen molar-refractivity contribution >= 4 is 23.6 Å². The van der Waals surface area contributed by atoms with Crippen molar-refractivity contribution in [2.24, 2.45) is 5.92 Å². The van der Waals surface area contributed by atoms with Gasteiger partial charge in [0.2, 0.25) is 0 Å². The molecule has 2 amide bonds. The van der Waals surface area contributed by atoms with Gasteiger partial charge in [-0.25, -0.2) is 4.79 Å². The van der Waals surface area contributed by atoms with Crippen molar-refractivity contribution < 1.29 is 19.4 Å². The van der Waals surface area contributed by atoms with E-state index >= 15 is 0 Å². The number of nitrogens with zero attached hydrogens (tertiary/aromatic N) is 1. The van der Waals surface area contributed by atoms with Crippen molar-refractivity contribution in [2.75, 3.05) is 20.7 Å². The molecule has 0 heterocycles. The van der Waals surface area contributed by atoms with Crippen molar-refractivity contribution in [1.82, 2.24) is 10.2 Å². The van der Waals surface area contributed by atoms with E-state index in [1.807, 2.05) is 42.5 Å². The lowest BCUT2D eigenvalue weighted by atomic mass is 9.98. The summed E-state index contributed by atoms with van der Waals surface area (Å²) in [5.41, 5.74) is 1.54. The summed E-state index contributed by atoms with van der Waals surface area (Å²) in [6.45, 7) is 1.65. The molecule has 0 bridgehead atoms. The Morgan fingerprint density at radius 3 is 2.56 bits per heavy atom. The summed E-state index contributed by atoms with van der Waals surface area (Å²) in [6, 6.07) is 13.7. The summed E-state index contributed by atoms with van der Waals surface area (Å²) in [5.74, 6) is -0.965. The molecule has 27 heavy (non-hydrogen) atoms. The smallest absolute Gasteiger partial charge is 0.317 e. The highest BCUT2D eigenvalue weighted by molar-refractivity contribution is 6.31. The van der Waals surface area contributed by atoms with Crippen LogP contribution in [0.1, 0.15) is 24.1 Å². The van der Waals surface area contributed by atoms with E-state index in [0.29, 0.717) is 10.8 Å². The highest BCUT2D eigenvalue weighted by atomic mass is 35.5. The van der Waals surface area contributed by atoms with Gasteiger partial charge in [0.05, 0.1) is 19.1 Å². The Bertz CT molecular complexity index is 812. The molecule has 2 unspecified atom stereocenters. The van der Waals surface area contributed by atoms with E-state index in [9.17, 15) is 9.59 Å². The first-order chi connectivity index (χ1) is 12.8. The van der Waals surface area contributed by atoms with Gasteiger partial charge in [0, 0.05) is 18.6 Å². The van der Waals surface area contributed by atoms with Crippen LogP contribution < -0.4 is 10.1 Å². The summed E-state index contributed by atoms with van der Waals surface area (Å²) in [6.07, 6.45) is 0. The Hall–Kier alpha value is -2.73. The largest absolute Gasteiger partial charge is 0.497 e. The van der Waals surface area contributed by atoms with Crippen LogP contribution >= 0.6 is 11.6 Å². The number of aliphatic carboxylic acids is 1. The molecule has 0 aliphatic carbocycles. The lowest BCUT2D eigenvalue weighted by Crippen LogP contribution is -2.42. The average molecular weight is 391 g/mol. The zero-order chi connectivity index (χ0) is 20.0. The number of carboxylic acids is 1. The van der Waals surface area contributed by atoms with E-state index in [1.54, 1.807) is 27.1 Å². The van der Waals surface area contributed by atoms with Crippen LogP contribution in [0.5, 0.6) is 5.75 Å². The number of halogens is 1. The Morgan fingerprint density at radius 1 is 1.22 bits per heavy atom. The van der Waals surface area contributed by atoms with Gasteiger partial charge < -0.3 is 20.1 Å². The number of methoxy groups -OCH3 is 1. The molecule has 0 aliphatic rings. The molecule has 0 fully saturated rings. The molecule has 144 valence electrons. The van der Waals surface area contributed by atoms with Crippen molar-refractivity contribution in [1.29, 1.82) is 0 Å². The highest BCUT2D eigenvalue weighted by Crippen LogP contribution is 2.30. The van der Waals surface area contributed by atoms with E-state index in [2.05, 4.69) is 5.32 Å². The number of carbonyl (C=O) groups excluding carboxylic acids is 1. The number of ether oxygens (including phenoxy) is 1. The minimum Gasteiger partial charge on any atom is -0.497 e. The van der Waals surface area contributed by atoms with Crippen LogP contribution in [0.4, 0.5) is 4.79 Å². The third kappa shape index (κ3) is 5.37. The van der Waals surface area contributed by atoms with Crippen molar-refractivity contribution in [3.05, 3.63) is 64.7 Å². The van der Waals surface area contributed by atoms with Crippen LogP contribution in [-0.4, -0.2) is 42.7 Å². The van der Waals surface area contributed by atoms with Gasteiger partial charge in [0.15, 0.2) is 0 Å². The average Bonchev–Trinajstić information content (AvgIpc) is 2.66. The van der Waals surface area contributed by atoms with Crippen LogP contribution in [0.2, 0.25) is 5.02 Å². The zero-order valence-corrected chi connectivity index (χ0v) is 16.2. The topological polar surface area (TPSA) is 78.9 Å². The molecule has 2 rings (SSSR count). The van der Waals surface area contributed by atoms with Crippen molar-refractivity contribution in [3.63, 3.8) is 0 Å². The van der Waals surface area contributed by atoms with E-state index in [0.717, 1.165) is 11.1 Å². The lowest BCUT2D eigenvalue weighted by Gasteiger charge is -2.26. The molecule has 0 radical (unpaired) electrons. The second-order valence-corrected chi connectivity index (χ2v) is 6.71. The second-order valence-electron chi connectivity index (χ2n) is 6.30. The second kappa shape index (κ2) is 9.28. The summed E-state index contributed by atoms with van der Waals surface area (Å²) in [5, 5.41) is 12.5. The van der Waals surface area contributed by atoms with E-state index in [1.165, 1.54) is 4.90 Å². The van der Waals surface area contributed by atoms with Crippen LogP contribution in [0.3, 0.4) is 0 Å². The molecule has 7 heteroatoms. The molecular formula is C20H23ClN2O4. The first kappa shape index (κ1) is 20.6. The third-order valence-electron chi connectivity index (χ3n) is 4.23. The first-order valence-corrected chi connectivity index (χ1v) is 8.84. The van der Waals surface area contributed by atoms with Gasteiger partial charge in [-0.05, 0) is 29.3 Å². The Balaban J connectivity index is 2.31. The predicted molar refractivity (Wildman–Crippen MR) is 104 cm³/mol. The van der Waals surface area contributed by atoms with Crippen LogP contribution in [-0.2, 0) is 4.79 Å². The maximum atomic E-state index is 12.7. The number of urea groups is 1. The molecule has 0 saturated heterocycles. The molecule has 0 aliphatic heterocycles. The first-order valence-electron chi connectivity index (χ1n) is 8.46. The van der Waals surface area contributed by atoms with Gasteiger partial charge >= 0.3 is 12.0 Å². The van der Waals surface area contributed by atoms with Gasteiger partial charge in [0.25, 0.3) is 0 Å². The fourth-order valence-electron chi connectivity index (χ4n) is 2.68. The monoisotopic (exact) mass is 390 g/mol. The maximum Gasteiger partial charge on any atom is 0.317 e. The molecule has 0 saturated carbocycles. The molecule has 2 atom stereocenters. The number of hydrogen-bond donors (Lipinski definition) is 2. The zero-order valence-electron chi connectivity index (χ0n) is 15.5. The van der Waals surface area contributed by atoms with Gasteiger partial charge in [-0.2, -0.15) is 0 Å². The van der Waals surface area contributed by atoms with Gasteiger partial charge in [-0.15, -0.1) is 0 Å². The summed E-state index contributed by atoms with van der Waals surface area (Å²) in [7, 11) is 3.13. The van der Waals surface area contributed by atoms with Gasteiger partial charge in [-0.3, -0.25) is 4.79 Å². The van der Waals surface area contributed by atoms with Crippen LogP contribution in [0.25, 0.3) is 0 Å². The molecule has 6 nitrogen and oxygen atoms in total. The number of carbonyl (C=O) groups is 2. The van der Waals surface area contributed by atoms with Crippen molar-refractivity contribution in [3.8, 4) is 5.75 Å². The van der Waals surface area contributed by atoms with E-state index < -0.39 is 24.0 Å². The normalized spacial score (nSPS) is 12.7. The van der Waals surface area contributed by atoms with Crippen LogP contribution in [0.15, 0.2) is 48.5 Å². The predicted octanol–water partition coefficient (Wildman–Crippen LogP) is 3.80. The highest BCUT2D eigenvalue weighted by Gasteiger charge is 2.23. The van der Waals surface area contributed by atoms with Crippen LogP contribution in [0, 0.1) is 5.92 Å². The molecule has 2 N–H and O–H groups in total. The Labute approximate surface area is 163 Å². The lowest BCUT2D eigenvalue weighted by molar-refractivity contribution is -0.141. The number of carboxylic acid groups (broad SMARTS) is 1. The number of nitrogens with one attached hydrogen (secondary N) is 1. The Morgan fingerprint density at radius 2 is 1.93 bits per heavy atom. The fourth-order valence-corrected chi connectivity index (χ4v) is 2.92. The standard InChI is InChI=1S/C20H23ClN2O4/c1-13(19(24)25)12-23(2)20(26)22-18(16-9-4-5-10-17(16)21)14-7-6-8-15(11-14)27-3/h4-11,13,18H,12H2,1-3H3,(H,22,26)(H,24,25). The number of hydrogen-bond acceptors (Lipinski definition) is 3. The summed E-state index contributed by atoms with van der Waals surface area (Å²) < 4.78 is 5.28.